The van der Waals surface area contributed by atoms with Gasteiger partial charge in [-0.1, -0.05) is 44.5 Å². The molecule has 0 radical (unpaired) electrons. The molecule has 1 atom stereocenters. The third kappa shape index (κ3) is 4.77. The highest BCUT2D eigenvalue weighted by molar-refractivity contribution is 8.32. The molecule has 1 heterocycles. The van der Waals surface area contributed by atoms with Gasteiger partial charge in [0, 0.05) is 19.0 Å². The summed E-state index contributed by atoms with van der Waals surface area (Å²) in [5.74, 6) is 2.84. The maximum Gasteiger partial charge on any atom is 0.225 e. The van der Waals surface area contributed by atoms with Crippen molar-refractivity contribution < 1.29 is 4.79 Å². The summed E-state index contributed by atoms with van der Waals surface area (Å²) in [6.45, 7) is 6.20. The minimum absolute atomic E-state index is 0.0910. The van der Waals surface area contributed by atoms with Gasteiger partial charge >= 0.3 is 0 Å². The van der Waals surface area contributed by atoms with Crippen LogP contribution in [-0.4, -0.2) is 47.9 Å². The molecule has 2 nitrogen and oxygen atoms in total. The molecule has 1 amide bonds. The van der Waals surface area contributed by atoms with Crippen LogP contribution in [0.5, 0.6) is 0 Å². The molecule has 1 fully saturated rings. The summed E-state index contributed by atoms with van der Waals surface area (Å²) in [4.78, 5) is 14.7. The van der Waals surface area contributed by atoms with E-state index in [2.05, 4.69) is 55.5 Å². The fourth-order valence-corrected chi connectivity index (χ4v) is 4.67. The molecule has 1 saturated heterocycles. The quantitative estimate of drug-likeness (QED) is 0.809. The van der Waals surface area contributed by atoms with Crippen LogP contribution in [0.4, 0.5) is 0 Å². The Morgan fingerprint density at radius 2 is 1.68 bits per heavy atom. The van der Waals surface area contributed by atoms with Crippen LogP contribution in [0, 0.1) is 5.92 Å². The Hall–Kier alpha value is -0.960. The van der Waals surface area contributed by atoms with E-state index in [-0.39, 0.29) is 5.92 Å². The van der Waals surface area contributed by atoms with Crippen molar-refractivity contribution >= 4 is 15.9 Å². The van der Waals surface area contributed by atoms with Gasteiger partial charge in [-0.15, -0.1) is 0 Å². The van der Waals surface area contributed by atoms with Gasteiger partial charge in [0.2, 0.25) is 5.91 Å². The van der Waals surface area contributed by atoms with E-state index >= 15 is 0 Å². The minimum atomic E-state index is -0.438. The summed E-state index contributed by atoms with van der Waals surface area (Å²) in [6, 6.07) is 8.81. The topological polar surface area (TPSA) is 20.3 Å². The molecule has 0 saturated carbocycles. The lowest BCUT2D eigenvalue weighted by molar-refractivity contribution is -0.134. The average molecular weight is 322 g/mol. The molecule has 3 heteroatoms. The first kappa shape index (κ1) is 17.4. The molecule has 1 aromatic rings. The predicted molar refractivity (Wildman–Crippen MR) is 99.1 cm³/mol. The maximum atomic E-state index is 12.6. The number of nitrogens with zero attached hydrogens (tertiary/aromatic N) is 1. The molecule has 0 aromatic heterocycles. The summed E-state index contributed by atoms with van der Waals surface area (Å²) in [5, 5.41) is 0. The van der Waals surface area contributed by atoms with E-state index in [9.17, 15) is 4.79 Å². The van der Waals surface area contributed by atoms with Crippen LogP contribution >= 0.6 is 10.0 Å². The third-order valence-electron chi connectivity index (χ3n) is 4.66. The van der Waals surface area contributed by atoms with Crippen LogP contribution in [0.1, 0.15) is 31.4 Å². The monoisotopic (exact) mass is 321 g/mol. The van der Waals surface area contributed by atoms with Crippen molar-refractivity contribution in [2.24, 2.45) is 5.92 Å². The van der Waals surface area contributed by atoms with E-state index in [1.165, 1.54) is 29.1 Å². The lowest BCUT2D eigenvalue weighted by Crippen LogP contribution is -2.44. The van der Waals surface area contributed by atoms with Crippen LogP contribution in [-0.2, 0) is 17.6 Å². The Labute approximate surface area is 137 Å². The molecule has 0 N–H and O–H groups in total. The van der Waals surface area contributed by atoms with Gasteiger partial charge in [0.05, 0.1) is 0 Å². The highest BCUT2D eigenvalue weighted by Gasteiger charge is 2.27. The first-order valence-corrected chi connectivity index (χ1v) is 11.3. The van der Waals surface area contributed by atoms with Crippen molar-refractivity contribution in [1.82, 2.24) is 4.90 Å². The average Bonchev–Trinajstić information content (AvgIpc) is 2.49. The van der Waals surface area contributed by atoms with Crippen molar-refractivity contribution in [3.05, 3.63) is 35.4 Å². The fraction of sp³-hybridized carbons (Fsp3) is 0.632. The second kappa shape index (κ2) is 7.54. The van der Waals surface area contributed by atoms with Gasteiger partial charge in [-0.3, -0.25) is 4.79 Å². The molecule has 22 heavy (non-hydrogen) atoms. The van der Waals surface area contributed by atoms with Crippen LogP contribution in [0.3, 0.4) is 0 Å². The number of carbonyl (C=O) groups excluding carboxylic acids is 1. The summed E-state index contributed by atoms with van der Waals surface area (Å²) < 4.78 is 0. The molecule has 124 valence electrons. The molecule has 1 aromatic carbocycles. The third-order valence-corrected chi connectivity index (χ3v) is 7.24. The Morgan fingerprint density at radius 1 is 1.14 bits per heavy atom. The van der Waals surface area contributed by atoms with E-state index in [1.807, 2.05) is 0 Å². The molecule has 1 unspecified atom stereocenters. The van der Waals surface area contributed by atoms with Gasteiger partial charge in [0.15, 0.2) is 0 Å². The maximum absolute atomic E-state index is 12.6. The smallest absolute Gasteiger partial charge is 0.225 e. The van der Waals surface area contributed by atoms with Crippen molar-refractivity contribution in [1.29, 1.82) is 0 Å². The molecule has 2 rings (SSSR count). The van der Waals surface area contributed by atoms with Crippen molar-refractivity contribution in [2.45, 2.75) is 33.1 Å². The van der Waals surface area contributed by atoms with Crippen LogP contribution in [0.25, 0.3) is 0 Å². The SMILES string of the molecule is CCCc1ccc(CC(C)C(=O)N2CCS(C)(C)CC2)cc1. The predicted octanol–water partition coefficient (Wildman–Crippen LogP) is 3.72. The number of hydrogen-bond acceptors (Lipinski definition) is 1. The number of aryl methyl sites for hydroxylation is 1. The number of rotatable bonds is 5. The Bertz CT molecular complexity index is 485. The van der Waals surface area contributed by atoms with Crippen LogP contribution in [0.15, 0.2) is 24.3 Å². The zero-order valence-electron chi connectivity index (χ0n) is 14.6. The molecule has 1 aliphatic heterocycles. The Morgan fingerprint density at radius 3 is 2.23 bits per heavy atom. The van der Waals surface area contributed by atoms with Crippen molar-refractivity contribution in [3.8, 4) is 0 Å². The van der Waals surface area contributed by atoms with Gasteiger partial charge in [-0.25, -0.2) is 10.0 Å². The highest BCUT2D eigenvalue weighted by Crippen LogP contribution is 2.41. The summed E-state index contributed by atoms with van der Waals surface area (Å²) >= 11 is 0. The van der Waals surface area contributed by atoms with Crippen LogP contribution in [0.2, 0.25) is 0 Å². The second-order valence-corrected chi connectivity index (χ2v) is 11.5. The minimum Gasteiger partial charge on any atom is -0.341 e. The van der Waals surface area contributed by atoms with E-state index < -0.39 is 10.0 Å². The van der Waals surface area contributed by atoms with Gasteiger partial charge in [-0.05, 0) is 48.0 Å². The summed E-state index contributed by atoms with van der Waals surface area (Å²) in [6.07, 6.45) is 7.95. The molecular weight excluding hydrogens is 290 g/mol. The van der Waals surface area contributed by atoms with E-state index in [4.69, 9.17) is 0 Å². The first-order valence-electron chi connectivity index (χ1n) is 8.46. The fourth-order valence-electron chi connectivity index (χ4n) is 3.03. The van der Waals surface area contributed by atoms with Gasteiger partial charge in [-0.2, -0.15) is 0 Å². The zero-order valence-corrected chi connectivity index (χ0v) is 15.4. The number of carbonyl (C=O) groups is 1. The molecular formula is C19H31NOS. The Balaban J connectivity index is 1.88. The lowest BCUT2D eigenvalue weighted by atomic mass is 9.98. The second-order valence-electron chi connectivity index (χ2n) is 7.17. The zero-order chi connectivity index (χ0) is 16.2. The number of hydrogen-bond donors (Lipinski definition) is 0. The Kier molecular flexibility index (Phi) is 5.96. The summed E-state index contributed by atoms with van der Waals surface area (Å²) in [5.41, 5.74) is 2.68. The van der Waals surface area contributed by atoms with Crippen molar-refractivity contribution in [3.63, 3.8) is 0 Å². The molecule has 0 aliphatic carbocycles. The van der Waals surface area contributed by atoms with Gasteiger partial charge in [0.25, 0.3) is 0 Å². The standard InChI is InChI=1S/C19H31NOS/c1-5-6-17-7-9-18(10-8-17)15-16(2)19(21)20-11-13-22(3,4)14-12-20/h7-10,16H,5-6,11-15H2,1-4H3. The van der Waals surface area contributed by atoms with E-state index in [1.54, 1.807) is 0 Å². The molecule has 0 bridgehead atoms. The normalized spacial score (nSPS) is 20.5. The number of amides is 1. The van der Waals surface area contributed by atoms with Gasteiger partial charge < -0.3 is 4.90 Å². The highest BCUT2D eigenvalue weighted by atomic mass is 32.3. The largest absolute Gasteiger partial charge is 0.341 e. The summed E-state index contributed by atoms with van der Waals surface area (Å²) in [7, 11) is -0.438. The van der Waals surface area contributed by atoms with Crippen LogP contribution < -0.4 is 0 Å². The lowest BCUT2D eigenvalue weighted by Gasteiger charge is -2.41. The molecule has 1 aliphatic rings. The van der Waals surface area contributed by atoms with E-state index in [0.29, 0.717) is 5.91 Å². The van der Waals surface area contributed by atoms with Gasteiger partial charge in [0.1, 0.15) is 0 Å². The first-order chi connectivity index (χ1) is 10.4. The molecule has 0 spiro atoms. The van der Waals surface area contributed by atoms with E-state index in [0.717, 1.165) is 25.9 Å². The van der Waals surface area contributed by atoms with Crippen molar-refractivity contribution in [2.75, 3.05) is 37.1 Å². The number of benzene rings is 1.